The third-order valence-corrected chi connectivity index (χ3v) is 4.84. The number of imide groups is 2. The van der Waals surface area contributed by atoms with Gasteiger partial charge in [0.05, 0.1) is 12.2 Å². The van der Waals surface area contributed by atoms with Crippen molar-refractivity contribution in [1.29, 1.82) is 0 Å². The molecule has 1 saturated heterocycles. The number of aromatic nitrogens is 1. The summed E-state index contributed by atoms with van der Waals surface area (Å²) in [7, 11) is 0. The Kier molecular flexibility index (Phi) is 4.49. The Hall–Kier alpha value is -4.11. The zero-order valence-corrected chi connectivity index (χ0v) is 15.7. The van der Waals surface area contributed by atoms with Gasteiger partial charge in [0.25, 0.3) is 11.8 Å². The van der Waals surface area contributed by atoms with Crippen molar-refractivity contribution in [2.75, 3.05) is 4.90 Å². The lowest BCUT2D eigenvalue weighted by atomic mass is 10.1. The molecule has 29 heavy (non-hydrogen) atoms. The van der Waals surface area contributed by atoms with Crippen LogP contribution in [0, 0.1) is 19.3 Å². The third kappa shape index (κ3) is 3.09. The van der Waals surface area contributed by atoms with Crippen LogP contribution in [0.2, 0.25) is 0 Å². The molecule has 2 heterocycles. The van der Waals surface area contributed by atoms with Gasteiger partial charge in [-0.3, -0.25) is 14.9 Å². The second kappa shape index (κ2) is 7.13. The number of urea groups is 1. The quantitative estimate of drug-likeness (QED) is 0.429. The van der Waals surface area contributed by atoms with Crippen LogP contribution >= 0.6 is 0 Å². The van der Waals surface area contributed by atoms with E-state index in [1.165, 1.54) is 6.08 Å². The maximum absolute atomic E-state index is 13.1. The Balaban J connectivity index is 1.83. The minimum Gasteiger partial charge on any atom is -0.335 e. The first-order valence-corrected chi connectivity index (χ1v) is 8.99. The number of nitrogens with one attached hydrogen (secondary N) is 1. The number of para-hydroxylation sites is 2. The molecule has 0 atom stereocenters. The Bertz CT molecular complexity index is 1240. The van der Waals surface area contributed by atoms with Crippen LogP contribution < -0.4 is 10.2 Å². The van der Waals surface area contributed by atoms with E-state index in [0.717, 1.165) is 21.4 Å². The molecule has 4 rings (SSSR count). The molecule has 2 aromatic carbocycles. The molecule has 3 aromatic rings. The van der Waals surface area contributed by atoms with Crippen molar-refractivity contribution >= 4 is 40.5 Å². The summed E-state index contributed by atoms with van der Waals surface area (Å²) in [5, 5.41) is 3.11. The molecular formula is C23H17N3O3. The molecule has 0 spiro atoms. The fourth-order valence-corrected chi connectivity index (χ4v) is 3.47. The molecule has 0 saturated carbocycles. The minimum absolute atomic E-state index is 0.114. The predicted octanol–water partition coefficient (Wildman–Crippen LogP) is 3.25. The van der Waals surface area contributed by atoms with Gasteiger partial charge in [0.2, 0.25) is 0 Å². The Labute approximate surface area is 167 Å². The van der Waals surface area contributed by atoms with Gasteiger partial charge in [-0.25, -0.2) is 9.69 Å². The molecule has 1 N–H and O–H groups in total. The first-order chi connectivity index (χ1) is 14.0. The lowest BCUT2D eigenvalue weighted by Crippen LogP contribution is -2.54. The van der Waals surface area contributed by atoms with E-state index in [9.17, 15) is 14.4 Å². The summed E-state index contributed by atoms with van der Waals surface area (Å²) in [6.45, 7) is 2.15. The van der Waals surface area contributed by atoms with Gasteiger partial charge in [-0.05, 0) is 30.7 Å². The zero-order chi connectivity index (χ0) is 20.5. The number of hydrogen-bond acceptors (Lipinski definition) is 3. The topological polar surface area (TPSA) is 71.4 Å². The number of terminal acetylenes is 1. The highest BCUT2D eigenvalue weighted by Crippen LogP contribution is 2.27. The van der Waals surface area contributed by atoms with Gasteiger partial charge in [0, 0.05) is 22.7 Å². The summed E-state index contributed by atoms with van der Waals surface area (Å²) in [5.74, 6) is 1.21. The summed E-state index contributed by atoms with van der Waals surface area (Å²) in [6, 6.07) is 13.8. The molecule has 0 bridgehead atoms. The standard InChI is InChI=1S/C23H17N3O3/c1-3-12-25-14-16(17-9-5-7-11-20(17)25)13-18-21(27)24-23(29)26(22(18)28)19-10-6-4-8-15(19)2/h1,4-11,13-14H,12H2,2H3,(H,24,27,29)/b18-13+. The second-order valence-corrected chi connectivity index (χ2v) is 6.68. The van der Waals surface area contributed by atoms with E-state index in [1.54, 1.807) is 31.3 Å². The van der Waals surface area contributed by atoms with Gasteiger partial charge in [-0.1, -0.05) is 42.3 Å². The van der Waals surface area contributed by atoms with Crippen LogP contribution in [0.25, 0.3) is 17.0 Å². The number of benzene rings is 2. The van der Waals surface area contributed by atoms with E-state index >= 15 is 0 Å². The molecule has 0 aliphatic carbocycles. The smallest absolute Gasteiger partial charge is 0.335 e. The maximum atomic E-state index is 13.1. The summed E-state index contributed by atoms with van der Waals surface area (Å²) in [5.41, 5.74) is 2.64. The maximum Gasteiger partial charge on any atom is 0.335 e. The summed E-state index contributed by atoms with van der Waals surface area (Å²) < 4.78 is 1.87. The largest absolute Gasteiger partial charge is 0.335 e. The fourth-order valence-electron chi connectivity index (χ4n) is 3.47. The third-order valence-electron chi connectivity index (χ3n) is 4.84. The fraction of sp³-hybridized carbons (Fsp3) is 0.0870. The Morgan fingerprint density at radius 2 is 1.79 bits per heavy atom. The van der Waals surface area contributed by atoms with Crippen LogP contribution in [0.3, 0.4) is 0 Å². The molecule has 6 heteroatoms. The van der Waals surface area contributed by atoms with E-state index in [-0.39, 0.29) is 5.57 Å². The van der Waals surface area contributed by atoms with Crippen molar-refractivity contribution in [3.8, 4) is 12.3 Å². The SMILES string of the molecule is C#CCn1cc(/C=C2\C(=O)NC(=O)N(c3ccccc3C)C2=O)c2ccccc21. The summed E-state index contributed by atoms with van der Waals surface area (Å²) >= 11 is 0. The van der Waals surface area contributed by atoms with E-state index in [2.05, 4.69) is 11.2 Å². The van der Waals surface area contributed by atoms with E-state index in [1.807, 2.05) is 34.9 Å². The molecule has 0 radical (unpaired) electrons. The van der Waals surface area contributed by atoms with E-state index in [0.29, 0.717) is 17.8 Å². The number of hydrogen-bond donors (Lipinski definition) is 1. The molecule has 1 aliphatic rings. The molecule has 142 valence electrons. The van der Waals surface area contributed by atoms with Crippen molar-refractivity contribution < 1.29 is 14.4 Å². The number of nitrogens with zero attached hydrogens (tertiary/aromatic N) is 2. The number of aryl methyl sites for hydroxylation is 1. The van der Waals surface area contributed by atoms with Gasteiger partial charge in [-0.15, -0.1) is 6.42 Å². The van der Waals surface area contributed by atoms with Crippen LogP contribution in [-0.4, -0.2) is 22.4 Å². The molecular weight excluding hydrogens is 366 g/mol. The first-order valence-electron chi connectivity index (χ1n) is 8.99. The van der Waals surface area contributed by atoms with Gasteiger partial charge in [0.1, 0.15) is 5.57 Å². The minimum atomic E-state index is -0.763. The van der Waals surface area contributed by atoms with Gasteiger partial charge in [0.15, 0.2) is 0 Å². The van der Waals surface area contributed by atoms with Crippen LogP contribution in [-0.2, 0) is 16.1 Å². The van der Waals surface area contributed by atoms with Crippen molar-refractivity contribution in [3.05, 3.63) is 71.4 Å². The highest BCUT2D eigenvalue weighted by Gasteiger charge is 2.37. The number of amides is 4. The molecule has 4 amide bonds. The van der Waals surface area contributed by atoms with Crippen molar-refractivity contribution in [2.45, 2.75) is 13.5 Å². The van der Waals surface area contributed by atoms with Gasteiger partial charge >= 0.3 is 6.03 Å². The van der Waals surface area contributed by atoms with Crippen LogP contribution in [0.15, 0.2) is 60.3 Å². The van der Waals surface area contributed by atoms with Crippen molar-refractivity contribution in [1.82, 2.24) is 9.88 Å². The van der Waals surface area contributed by atoms with Gasteiger partial charge < -0.3 is 4.57 Å². The lowest BCUT2D eigenvalue weighted by Gasteiger charge is -2.27. The highest BCUT2D eigenvalue weighted by molar-refractivity contribution is 6.39. The van der Waals surface area contributed by atoms with Crippen LogP contribution in [0.4, 0.5) is 10.5 Å². The predicted molar refractivity (Wildman–Crippen MR) is 111 cm³/mol. The second-order valence-electron chi connectivity index (χ2n) is 6.68. The zero-order valence-electron chi connectivity index (χ0n) is 15.7. The highest BCUT2D eigenvalue weighted by atomic mass is 16.2. The number of barbiturate groups is 1. The average Bonchev–Trinajstić information content (AvgIpc) is 3.04. The molecule has 0 unspecified atom stereocenters. The molecule has 6 nitrogen and oxygen atoms in total. The van der Waals surface area contributed by atoms with Crippen molar-refractivity contribution in [2.24, 2.45) is 0 Å². The number of carbonyl (C=O) groups excluding carboxylic acids is 3. The monoisotopic (exact) mass is 383 g/mol. The summed E-state index contributed by atoms with van der Waals surface area (Å²) in [6.07, 6.45) is 8.76. The normalized spacial score (nSPS) is 15.7. The number of anilines is 1. The van der Waals surface area contributed by atoms with Crippen LogP contribution in [0.1, 0.15) is 11.1 Å². The molecule has 1 fully saturated rings. The van der Waals surface area contributed by atoms with Crippen LogP contribution in [0.5, 0.6) is 0 Å². The van der Waals surface area contributed by atoms with Gasteiger partial charge in [-0.2, -0.15) is 0 Å². The van der Waals surface area contributed by atoms with E-state index < -0.39 is 17.8 Å². The Morgan fingerprint density at radius 3 is 2.55 bits per heavy atom. The number of carbonyl (C=O) groups is 3. The average molecular weight is 383 g/mol. The molecule has 1 aliphatic heterocycles. The lowest BCUT2D eigenvalue weighted by molar-refractivity contribution is -0.122. The Morgan fingerprint density at radius 1 is 1.07 bits per heavy atom. The van der Waals surface area contributed by atoms with E-state index in [4.69, 9.17) is 6.42 Å². The first kappa shape index (κ1) is 18.3. The van der Waals surface area contributed by atoms with Crippen molar-refractivity contribution in [3.63, 3.8) is 0 Å². The number of fused-ring (bicyclic) bond motifs is 1. The number of rotatable bonds is 3. The summed E-state index contributed by atoms with van der Waals surface area (Å²) in [4.78, 5) is 38.9. The molecule has 1 aromatic heterocycles.